The molecular weight excluding hydrogens is 238 g/mol. The molecule has 0 bridgehead atoms. The third-order valence-corrected chi connectivity index (χ3v) is 4.19. The minimum atomic E-state index is 0.341. The molecule has 0 radical (unpaired) electrons. The van der Waals surface area contributed by atoms with Crippen LogP contribution >= 0.6 is 0 Å². The van der Waals surface area contributed by atoms with Crippen molar-refractivity contribution in [3.05, 3.63) is 29.8 Å². The highest BCUT2D eigenvalue weighted by Crippen LogP contribution is 2.28. The van der Waals surface area contributed by atoms with Gasteiger partial charge in [0.15, 0.2) is 0 Å². The van der Waals surface area contributed by atoms with Crippen LogP contribution in [0.4, 0.5) is 5.69 Å². The molecule has 2 aliphatic heterocycles. The van der Waals surface area contributed by atoms with Crippen molar-refractivity contribution >= 4 is 11.6 Å². The molecule has 4 heteroatoms. The lowest BCUT2D eigenvalue weighted by Crippen LogP contribution is -2.51. The first-order chi connectivity index (χ1) is 9.29. The van der Waals surface area contributed by atoms with Crippen molar-refractivity contribution in [3.63, 3.8) is 0 Å². The number of hydrogen-bond acceptors (Lipinski definition) is 3. The molecule has 1 aromatic carbocycles. The summed E-state index contributed by atoms with van der Waals surface area (Å²) in [7, 11) is 1.98. The van der Waals surface area contributed by atoms with Gasteiger partial charge in [-0.3, -0.25) is 4.79 Å². The Morgan fingerprint density at radius 2 is 2.16 bits per heavy atom. The topological polar surface area (TPSA) is 35.6 Å². The summed E-state index contributed by atoms with van der Waals surface area (Å²) in [6.07, 6.45) is 1.75. The van der Waals surface area contributed by atoms with Gasteiger partial charge in [0.05, 0.1) is 0 Å². The molecule has 0 spiro atoms. The number of amides is 1. The summed E-state index contributed by atoms with van der Waals surface area (Å²) in [6, 6.07) is 8.98. The third-order valence-electron chi connectivity index (χ3n) is 4.19. The minimum Gasteiger partial charge on any atom is -0.367 e. The quantitative estimate of drug-likeness (QED) is 0.886. The van der Waals surface area contributed by atoms with Gasteiger partial charge in [0.2, 0.25) is 5.91 Å². The van der Waals surface area contributed by atoms with Gasteiger partial charge in [-0.05, 0) is 25.1 Å². The second-order valence-electron chi connectivity index (χ2n) is 5.38. The van der Waals surface area contributed by atoms with E-state index in [-0.39, 0.29) is 0 Å². The second kappa shape index (κ2) is 5.21. The molecule has 3 rings (SSSR count). The zero-order valence-corrected chi connectivity index (χ0v) is 11.4. The monoisotopic (exact) mass is 259 g/mol. The molecular formula is C15H21N3O. The lowest BCUT2D eigenvalue weighted by molar-refractivity contribution is -0.129. The Hall–Kier alpha value is -1.55. The molecule has 0 saturated carbocycles. The summed E-state index contributed by atoms with van der Waals surface area (Å²) < 4.78 is 0. The molecule has 19 heavy (non-hydrogen) atoms. The summed E-state index contributed by atoms with van der Waals surface area (Å²) >= 11 is 0. The number of carbonyl (C=O) groups is 1. The number of fused-ring (bicyclic) bond motifs is 1. The van der Waals surface area contributed by atoms with Crippen LogP contribution in [-0.2, 0) is 11.3 Å². The number of rotatable bonds is 3. The molecule has 2 fully saturated rings. The van der Waals surface area contributed by atoms with Gasteiger partial charge in [-0.25, -0.2) is 0 Å². The minimum absolute atomic E-state index is 0.341. The van der Waals surface area contributed by atoms with E-state index < -0.39 is 0 Å². The molecule has 1 unspecified atom stereocenters. The number of para-hydroxylation sites is 1. The summed E-state index contributed by atoms with van der Waals surface area (Å²) in [5, 5.41) is 3.23. The largest absolute Gasteiger partial charge is 0.367 e. The van der Waals surface area contributed by atoms with Crippen LogP contribution in [0.25, 0.3) is 0 Å². The average Bonchev–Trinajstić information content (AvgIpc) is 2.81. The van der Waals surface area contributed by atoms with E-state index >= 15 is 0 Å². The number of anilines is 1. The molecule has 2 heterocycles. The Morgan fingerprint density at radius 1 is 1.32 bits per heavy atom. The van der Waals surface area contributed by atoms with E-state index in [1.807, 2.05) is 7.05 Å². The van der Waals surface area contributed by atoms with Gasteiger partial charge in [-0.15, -0.1) is 0 Å². The van der Waals surface area contributed by atoms with Gasteiger partial charge >= 0.3 is 0 Å². The van der Waals surface area contributed by atoms with Crippen molar-refractivity contribution in [2.24, 2.45) is 0 Å². The first-order valence-corrected chi connectivity index (χ1v) is 7.06. The van der Waals surface area contributed by atoms with Crippen LogP contribution in [0.15, 0.2) is 24.3 Å². The lowest BCUT2D eigenvalue weighted by Gasteiger charge is -2.39. The van der Waals surface area contributed by atoms with Crippen molar-refractivity contribution in [3.8, 4) is 0 Å². The molecule has 0 aromatic heterocycles. The summed E-state index contributed by atoms with van der Waals surface area (Å²) in [5.74, 6) is 0.341. The zero-order valence-electron chi connectivity index (χ0n) is 11.4. The predicted molar refractivity (Wildman–Crippen MR) is 76.2 cm³/mol. The maximum Gasteiger partial charge on any atom is 0.223 e. The molecule has 1 amide bonds. The van der Waals surface area contributed by atoms with Gasteiger partial charge in [0, 0.05) is 44.3 Å². The summed E-state index contributed by atoms with van der Waals surface area (Å²) in [4.78, 5) is 16.2. The zero-order chi connectivity index (χ0) is 13.2. The van der Waals surface area contributed by atoms with E-state index in [0.717, 1.165) is 39.0 Å². The van der Waals surface area contributed by atoms with Crippen LogP contribution in [0.3, 0.4) is 0 Å². The summed E-state index contributed by atoms with van der Waals surface area (Å²) in [6.45, 7) is 3.69. The Morgan fingerprint density at radius 3 is 3.00 bits per heavy atom. The van der Waals surface area contributed by atoms with Gasteiger partial charge in [-0.2, -0.15) is 0 Å². The molecule has 102 valence electrons. The number of nitrogens with one attached hydrogen (secondary N) is 1. The normalized spacial score (nSPS) is 22.8. The number of piperazine rings is 1. The molecule has 1 aromatic rings. The molecule has 1 atom stereocenters. The predicted octanol–water partition coefficient (Wildman–Crippen LogP) is 1.22. The first-order valence-electron chi connectivity index (χ1n) is 7.06. The average molecular weight is 259 g/mol. The smallest absolute Gasteiger partial charge is 0.223 e. The van der Waals surface area contributed by atoms with Crippen LogP contribution in [0.1, 0.15) is 18.4 Å². The molecule has 2 aliphatic rings. The fraction of sp³-hybridized carbons (Fsp3) is 0.533. The Bertz CT molecular complexity index is 474. The summed E-state index contributed by atoms with van der Waals surface area (Å²) in [5.41, 5.74) is 2.65. The van der Waals surface area contributed by atoms with E-state index in [0.29, 0.717) is 11.9 Å². The van der Waals surface area contributed by atoms with Crippen LogP contribution in [0.5, 0.6) is 0 Å². The van der Waals surface area contributed by atoms with Crippen LogP contribution in [0.2, 0.25) is 0 Å². The number of nitrogens with zero attached hydrogens (tertiary/aromatic N) is 2. The van der Waals surface area contributed by atoms with E-state index in [2.05, 4.69) is 39.4 Å². The standard InChI is InChI=1S/C15H21N3O/c1-16-10-12-4-2-3-5-14(12)17-8-9-18-13(11-17)6-7-15(18)19/h2-5,13,16H,6-11H2,1H3. The molecule has 4 nitrogen and oxygen atoms in total. The van der Waals surface area contributed by atoms with Gasteiger partial charge < -0.3 is 15.1 Å². The van der Waals surface area contributed by atoms with Crippen LogP contribution in [0, 0.1) is 0 Å². The van der Waals surface area contributed by atoms with Crippen molar-refractivity contribution in [1.29, 1.82) is 0 Å². The molecule has 1 N–H and O–H groups in total. The Balaban J connectivity index is 1.78. The fourth-order valence-electron chi connectivity index (χ4n) is 3.24. The third kappa shape index (κ3) is 2.32. The van der Waals surface area contributed by atoms with Crippen molar-refractivity contribution in [2.45, 2.75) is 25.4 Å². The Kier molecular flexibility index (Phi) is 3.42. The van der Waals surface area contributed by atoms with E-state index in [4.69, 9.17) is 0 Å². The highest BCUT2D eigenvalue weighted by Gasteiger charge is 2.35. The highest BCUT2D eigenvalue weighted by molar-refractivity contribution is 5.79. The molecule has 0 aliphatic carbocycles. The van der Waals surface area contributed by atoms with E-state index in [1.54, 1.807) is 0 Å². The van der Waals surface area contributed by atoms with Gasteiger partial charge in [-0.1, -0.05) is 18.2 Å². The Labute approximate surface area is 114 Å². The fourth-order valence-corrected chi connectivity index (χ4v) is 3.24. The van der Waals surface area contributed by atoms with Crippen LogP contribution in [-0.4, -0.2) is 43.5 Å². The van der Waals surface area contributed by atoms with Crippen molar-refractivity contribution in [2.75, 3.05) is 31.6 Å². The van der Waals surface area contributed by atoms with E-state index in [1.165, 1.54) is 11.3 Å². The van der Waals surface area contributed by atoms with Crippen molar-refractivity contribution in [1.82, 2.24) is 10.2 Å². The maximum absolute atomic E-state index is 11.7. The van der Waals surface area contributed by atoms with Gasteiger partial charge in [0.1, 0.15) is 0 Å². The first kappa shape index (κ1) is 12.5. The number of benzene rings is 1. The second-order valence-corrected chi connectivity index (χ2v) is 5.38. The highest BCUT2D eigenvalue weighted by atomic mass is 16.2. The van der Waals surface area contributed by atoms with Crippen LogP contribution < -0.4 is 10.2 Å². The van der Waals surface area contributed by atoms with Crippen molar-refractivity contribution < 1.29 is 4.79 Å². The van der Waals surface area contributed by atoms with Gasteiger partial charge in [0.25, 0.3) is 0 Å². The van der Waals surface area contributed by atoms with E-state index in [9.17, 15) is 4.79 Å². The molecule has 2 saturated heterocycles. The number of hydrogen-bond donors (Lipinski definition) is 1. The number of carbonyl (C=O) groups excluding carboxylic acids is 1. The SMILES string of the molecule is CNCc1ccccc1N1CCN2C(=O)CCC2C1. The lowest BCUT2D eigenvalue weighted by atomic mass is 10.1. The maximum atomic E-state index is 11.7.